The van der Waals surface area contributed by atoms with Crippen molar-refractivity contribution in [3.05, 3.63) is 18.2 Å². The van der Waals surface area contributed by atoms with Crippen LogP contribution >= 0.6 is 0 Å². The zero-order chi connectivity index (χ0) is 11.6. The predicted octanol–water partition coefficient (Wildman–Crippen LogP) is 1.33. The molecule has 0 aromatic carbocycles. The van der Waals surface area contributed by atoms with Crippen LogP contribution in [0.2, 0.25) is 0 Å². The van der Waals surface area contributed by atoms with Crippen molar-refractivity contribution in [1.29, 1.82) is 0 Å². The van der Waals surface area contributed by atoms with E-state index in [1.54, 1.807) is 6.33 Å². The summed E-state index contributed by atoms with van der Waals surface area (Å²) in [6.45, 7) is 12.5. The molecule has 1 aliphatic heterocycles. The highest BCUT2D eigenvalue weighted by atomic mass is 15.3. The second-order valence-electron chi connectivity index (χ2n) is 5.51. The summed E-state index contributed by atoms with van der Waals surface area (Å²) in [5, 5.41) is 0. The van der Waals surface area contributed by atoms with Gasteiger partial charge in [0.15, 0.2) is 0 Å². The average molecular weight is 222 g/mol. The lowest BCUT2D eigenvalue weighted by Crippen LogP contribution is -2.53. The molecule has 1 aliphatic rings. The molecule has 1 aromatic heterocycles. The molecular formula is C12H22N4. The molecule has 2 rings (SSSR count). The molecule has 90 valence electrons. The van der Waals surface area contributed by atoms with Gasteiger partial charge in [0.05, 0.1) is 6.33 Å². The Bertz CT molecular complexity index is 304. The standard InChI is InChI=1S/C12H22N4/c1-12(2,3)16-6-4-15(5-7-16)9-11-8-13-10-14-11/h8,10H,4-7,9H2,1-3H3,(H,13,14). The number of aromatic amines is 1. The highest BCUT2D eigenvalue weighted by molar-refractivity contribution is 4.95. The first kappa shape index (κ1) is 11.6. The number of nitrogens with zero attached hydrogens (tertiary/aromatic N) is 3. The van der Waals surface area contributed by atoms with Crippen molar-refractivity contribution in [3.8, 4) is 0 Å². The van der Waals surface area contributed by atoms with Crippen molar-refractivity contribution < 1.29 is 0 Å². The van der Waals surface area contributed by atoms with E-state index in [-0.39, 0.29) is 0 Å². The normalized spacial score (nSPS) is 20.2. The van der Waals surface area contributed by atoms with Crippen LogP contribution in [0.5, 0.6) is 0 Å². The Morgan fingerprint density at radius 2 is 1.94 bits per heavy atom. The number of hydrogen-bond donors (Lipinski definition) is 1. The third-order valence-corrected chi connectivity index (χ3v) is 3.27. The molecule has 0 bridgehead atoms. The topological polar surface area (TPSA) is 35.2 Å². The molecule has 1 aromatic rings. The number of imidazole rings is 1. The third-order valence-electron chi connectivity index (χ3n) is 3.27. The van der Waals surface area contributed by atoms with Gasteiger partial charge in [-0.25, -0.2) is 4.98 Å². The van der Waals surface area contributed by atoms with Gasteiger partial charge >= 0.3 is 0 Å². The molecule has 16 heavy (non-hydrogen) atoms. The van der Waals surface area contributed by atoms with E-state index in [0.29, 0.717) is 5.54 Å². The van der Waals surface area contributed by atoms with Crippen LogP contribution in [-0.4, -0.2) is 51.5 Å². The molecule has 0 spiro atoms. The number of hydrogen-bond acceptors (Lipinski definition) is 3. The van der Waals surface area contributed by atoms with E-state index in [0.717, 1.165) is 32.7 Å². The minimum Gasteiger partial charge on any atom is -0.347 e. The van der Waals surface area contributed by atoms with Gasteiger partial charge in [0.25, 0.3) is 0 Å². The summed E-state index contributed by atoms with van der Waals surface area (Å²) in [7, 11) is 0. The summed E-state index contributed by atoms with van der Waals surface area (Å²) in [5.74, 6) is 0. The van der Waals surface area contributed by atoms with Crippen LogP contribution in [0.15, 0.2) is 12.5 Å². The second-order valence-corrected chi connectivity index (χ2v) is 5.51. The molecule has 0 unspecified atom stereocenters. The van der Waals surface area contributed by atoms with Crippen molar-refractivity contribution in [2.24, 2.45) is 0 Å². The van der Waals surface area contributed by atoms with Gasteiger partial charge in [-0.05, 0) is 20.8 Å². The highest BCUT2D eigenvalue weighted by Crippen LogP contribution is 2.16. The van der Waals surface area contributed by atoms with Gasteiger partial charge < -0.3 is 4.98 Å². The maximum absolute atomic E-state index is 4.05. The summed E-state index contributed by atoms with van der Waals surface area (Å²) in [4.78, 5) is 12.2. The fourth-order valence-electron chi connectivity index (χ4n) is 2.19. The van der Waals surface area contributed by atoms with Crippen molar-refractivity contribution in [1.82, 2.24) is 19.8 Å². The van der Waals surface area contributed by atoms with Gasteiger partial charge in [-0.1, -0.05) is 0 Å². The lowest BCUT2D eigenvalue weighted by Gasteiger charge is -2.42. The quantitative estimate of drug-likeness (QED) is 0.820. The highest BCUT2D eigenvalue weighted by Gasteiger charge is 2.25. The van der Waals surface area contributed by atoms with E-state index in [2.05, 4.69) is 40.5 Å². The number of aromatic nitrogens is 2. The first-order valence-electron chi connectivity index (χ1n) is 6.00. The largest absolute Gasteiger partial charge is 0.347 e. The van der Waals surface area contributed by atoms with Crippen molar-refractivity contribution in [2.45, 2.75) is 32.9 Å². The third kappa shape index (κ3) is 2.83. The van der Waals surface area contributed by atoms with Crippen LogP contribution in [-0.2, 0) is 6.54 Å². The molecule has 0 aliphatic carbocycles. The molecule has 0 radical (unpaired) electrons. The molecule has 0 atom stereocenters. The van der Waals surface area contributed by atoms with Crippen LogP contribution < -0.4 is 0 Å². The van der Waals surface area contributed by atoms with Crippen molar-refractivity contribution >= 4 is 0 Å². The maximum atomic E-state index is 4.05. The minimum atomic E-state index is 0.306. The van der Waals surface area contributed by atoms with E-state index in [1.807, 2.05) is 6.20 Å². The van der Waals surface area contributed by atoms with E-state index in [9.17, 15) is 0 Å². The minimum absolute atomic E-state index is 0.306. The fourth-order valence-corrected chi connectivity index (χ4v) is 2.19. The van der Waals surface area contributed by atoms with Gasteiger partial charge in [0.1, 0.15) is 0 Å². The van der Waals surface area contributed by atoms with Gasteiger partial charge in [-0.2, -0.15) is 0 Å². The van der Waals surface area contributed by atoms with Gasteiger partial charge in [0.2, 0.25) is 0 Å². The molecule has 4 heteroatoms. The zero-order valence-electron chi connectivity index (χ0n) is 10.5. The molecule has 4 nitrogen and oxygen atoms in total. The Morgan fingerprint density at radius 1 is 1.25 bits per heavy atom. The smallest absolute Gasteiger partial charge is 0.0922 e. The summed E-state index contributed by atoms with van der Waals surface area (Å²) < 4.78 is 0. The number of rotatable bonds is 2. The maximum Gasteiger partial charge on any atom is 0.0922 e. The molecule has 0 amide bonds. The monoisotopic (exact) mass is 222 g/mol. The van der Waals surface area contributed by atoms with E-state index >= 15 is 0 Å². The molecular weight excluding hydrogens is 200 g/mol. The van der Waals surface area contributed by atoms with Crippen molar-refractivity contribution in [2.75, 3.05) is 26.2 Å². The predicted molar refractivity (Wildman–Crippen MR) is 65.2 cm³/mol. The lowest BCUT2D eigenvalue weighted by molar-refractivity contribution is 0.0586. The summed E-state index contributed by atoms with van der Waals surface area (Å²) in [5.41, 5.74) is 1.52. The van der Waals surface area contributed by atoms with Crippen LogP contribution in [0.4, 0.5) is 0 Å². The zero-order valence-corrected chi connectivity index (χ0v) is 10.5. The van der Waals surface area contributed by atoms with Gasteiger partial charge in [0, 0.05) is 50.2 Å². The molecule has 2 heterocycles. The van der Waals surface area contributed by atoms with Gasteiger partial charge in [-0.15, -0.1) is 0 Å². The Labute approximate surface area is 97.7 Å². The fraction of sp³-hybridized carbons (Fsp3) is 0.750. The SMILES string of the molecule is CC(C)(C)N1CCN(Cc2cnc[nH]2)CC1. The van der Waals surface area contributed by atoms with Gasteiger partial charge in [-0.3, -0.25) is 9.80 Å². The first-order valence-corrected chi connectivity index (χ1v) is 6.00. The Kier molecular flexibility index (Phi) is 3.30. The van der Waals surface area contributed by atoms with Crippen LogP contribution in [0.25, 0.3) is 0 Å². The summed E-state index contributed by atoms with van der Waals surface area (Å²) in [6.07, 6.45) is 3.66. The van der Waals surface area contributed by atoms with E-state index in [4.69, 9.17) is 0 Å². The molecule has 1 fully saturated rings. The molecule has 1 saturated heterocycles. The van der Waals surface area contributed by atoms with Crippen LogP contribution in [0.3, 0.4) is 0 Å². The number of H-pyrrole nitrogens is 1. The lowest BCUT2D eigenvalue weighted by atomic mass is 10.0. The van der Waals surface area contributed by atoms with E-state index in [1.165, 1.54) is 5.69 Å². The Morgan fingerprint density at radius 3 is 2.44 bits per heavy atom. The van der Waals surface area contributed by atoms with Crippen LogP contribution in [0, 0.1) is 0 Å². The Balaban J connectivity index is 1.82. The average Bonchev–Trinajstić information content (AvgIpc) is 2.70. The van der Waals surface area contributed by atoms with Crippen LogP contribution in [0.1, 0.15) is 26.5 Å². The van der Waals surface area contributed by atoms with E-state index < -0.39 is 0 Å². The molecule has 1 N–H and O–H groups in total. The Hall–Kier alpha value is -0.870. The number of piperazine rings is 1. The summed E-state index contributed by atoms with van der Waals surface area (Å²) >= 11 is 0. The second kappa shape index (κ2) is 4.55. The first-order chi connectivity index (χ1) is 7.55. The summed E-state index contributed by atoms with van der Waals surface area (Å²) in [6, 6.07) is 0. The number of nitrogens with one attached hydrogen (secondary N) is 1. The van der Waals surface area contributed by atoms with Crippen molar-refractivity contribution in [3.63, 3.8) is 0 Å². The molecule has 0 saturated carbocycles.